The lowest BCUT2D eigenvalue weighted by atomic mass is 9.74. The van der Waals surface area contributed by atoms with Crippen molar-refractivity contribution < 1.29 is 13.0 Å². The summed E-state index contributed by atoms with van der Waals surface area (Å²) in [6.45, 7) is 1.94. The zero-order chi connectivity index (χ0) is 16.7. The summed E-state index contributed by atoms with van der Waals surface area (Å²) < 4.78 is 43.2. The predicted molar refractivity (Wildman–Crippen MR) is 84.1 cm³/mol. The minimum atomic E-state index is -2.61. The lowest BCUT2D eigenvalue weighted by molar-refractivity contribution is -0.114. The molecule has 2 aliphatic rings. The van der Waals surface area contributed by atoms with Gasteiger partial charge in [0, 0.05) is 11.8 Å². The molecular formula is C17H20F2N2OS. The highest BCUT2D eigenvalue weighted by Gasteiger charge is 2.64. The van der Waals surface area contributed by atoms with E-state index < -0.39 is 28.4 Å². The molecule has 3 atom stereocenters. The Kier molecular flexibility index (Phi) is 4.28. The molecule has 0 radical (unpaired) electrons. The molecule has 0 aliphatic heterocycles. The van der Waals surface area contributed by atoms with Crippen LogP contribution in [0.15, 0.2) is 29.2 Å². The van der Waals surface area contributed by atoms with Crippen molar-refractivity contribution in [3.8, 4) is 6.07 Å². The molecule has 1 aromatic carbocycles. The molecule has 0 unspecified atom stereocenters. The number of aryl methyl sites for hydroxylation is 1. The number of benzene rings is 1. The molecule has 0 amide bonds. The highest BCUT2D eigenvalue weighted by molar-refractivity contribution is 7.83. The number of hydrogen-bond acceptors (Lipinski definition) is 2. The van der Waals surface area contributed by atoms with Crippen LogP contribution in [0.2, 0.25) is 0 Å². The second-order valence-corrected chi connectivity index (χ2v) is 8.04. The van der Waals surface area contributed by atoms with Crippen molar-refractivity contribution in [3.63, 3.8) is 0 Å². The van der Waals surface area contributed by atoms with Gasteiger partial charge >= 0.3 is 0 Å². The Morgan fingerprint density at radius 1 is 1.30 bits per heavy atom. The van der Waals surface area contributed by atoms with E-state index in [2.05, 4.69) is 10.8 Å². The third kappa shape index (κ3) is 3.17. The Bertz CT molecular complexity index is 650. The van der Waals surface area contributed by atoms with Gasteiger partial charge in [-0.15, -0.1) is 0 Å². The van der Waals surface area contributed by atoms with Crippen LogP contribution >= 0.6 is 0 Å². The van der Waals surface area contributed by atoms with Crippen LogP contribution in [0, 0.1) is 29.6 Å². The topological polar surface area (TPSA) is 52.9 Å². The van der Waals surface area contributed by atoms with Crippen molar-refractivity contribution in [2.45, 2.75) is 55.9 Å². The number of hydrogen-bond donors (Lipinski definition) is 1. The van der Waals surface area contributed by atoms with Gasteiger partial charge in [0.15, 0.2) is 0 Å². The van der Waals surface area contributed by atoms with Crippen LogP contribution in [0.1, 0.15) is 37.7 Å². The summed E-state index contributed by atoms with van der Waals surface area (Å²) in [5.74, 6) is -2.78. The smallest absolute Gasteiger partial charge is 0.237 e. The summed E-state index contributed by atoms with van der Waals surface area (Å²) in [5.41, 5.74) is 0.158. The van der Waals surface area contributed by atoms with E-state index in [-0.39, 0.29) is 12.3 Å². The van der Waals surface area contributed by atoms with Gasteiger partial charge in [-0.1, -0.05) is 17.7 Å². The summed E-state index contributed by atoms with van der Waals surface area (Å²) in [7, 11) is -1.51. The lowest BCUT2D eigenvalue weighted by Crippen LogP contribution is -2.44. The van der Waals surface area contributed by atoms with Gasteiger partial charge in [0.1, 0.15) is 17.0 Å². The van der Waals surface area contributed by atoms with Gasteiger partial charge in [-0.3, -0.25) is 0 Å². The minimum absolute atomic E-state index is 0.170. The van der Waals surface area contributed by atoms with Gasteiger partial charge in [-0.2, -0.15) is 5.26 Å². The van der Waals surface area contributed by atoms with E-state index in [1.165, 1.54) is 0 Å². The largest absolute Gasteiger partial charge is 0.253 e. The average molecular weight is 338 g/mol. The van der Waals surface area contributed by atoms with Crippen LogP contribution in [-0.4, -0.2) is 16.2 Å². The van der Waals surface area contributed by atoms with Crippen molar-refractivity contribution >= 4 is 11.0 Å². The number of alkyl halides is 2. The normalized spacial score (nSPS) is 27.1. The second-order valence-electron chi connectivity index (χ2n) is 6.79. The maximum atomic E-state index is 14.0. The van der Waals surface area contributed by atoms with E-state index in [0.717, 1.165) is 5.56 Å². The monoisotopic (exact) mass is 338 g/mol. The Morgan fingerprint density at radius 2 is 1.96 bits per heavy atom. The van der Waals surface area contributed by atoms with E-state index in [9.17, 15) is 18.3 Å². The van der Waals surface area contributed by atoms with E-state index in [4.69, 9.17) is 0 Å². The lowest BCUT2D eigenvalue weighted by Gasteiger charge is -2.38. The summed E-state index contributed by atoms with van der Waals surface area (Å²) in [5, 5.41) is 9.40. The first-order valence-corrected chi connectivity index (χ1v) is 9.04. The van der Waals surface area contributed by atoms with Gasteiger partial charge in [-0.05, 0) is 50.7 Å². The van der Waals surface area contributed by atoms with Crippen molar-refractivity contribution in [1.29, 1.82) is 5.26 Å². The number of halogens is 2. The number of nitriles is 1. The molecule has 2 fully saturated rings. The average Bonchev–Trinajstić information content (AvgIpc) is 3.30. The van der Waals surface area contributed by atoms with E-state index in [1.807, 2.05) is 19.1 Å². The standard InChI is InChI=1S/C17H20F2N2OS/c1-12-2-4-14(5-3-12)23(22)21-15(11-20)13-6-7-17(18,19)16(10-13)8-9-16/h2-5,13,15,21H,6-10H2,1H3/t13-,15+,23-/m0/s1. The Morgan fingerprint density at radius 3 is 2.52 bits per heavy atom. The van der Waals surface area contributed by atoms with Gasteiger partial charge in [0.2, 0.25) is 0 Å². The van der Waals surface area contributed by atoms with Crippen molar-refractivity contribution in [2.75, 3.05) is 0 Å². The van der Waals surface area contributed by atoms with Crippen LogP contribution in [0.4, 0.5) is 8.78 Å². The fraction of sp³-hybridized carbons (Fsp3) is 0.588. The van der Waals surface area contributed by atoms with Crippen LogP contribution < -0.4 is 4.72 Å². The molecule has 0 saturated heterocycles. The number of nitrogens with zero attached hydrogens (tertiary/aromatic N) is 1. The maximum absolute atomic E-state index is 14.0. The first-order chi connectivity index (χ1) is 10.9. The third-order valence-electron chi connectivity index (χ3n) is 5.19. The summed E-state index contributed by atoms with van der Waals surface area (Å²) in [6, 6.07) is 8.69. The number of nitrogens with one attached hydrogen (secondary N) is 1. The van der Waals surface area contributed by atoms with Gasteiger partial charge in [-0.25, -0.2) is 17.7 Å². The zero-order valence-electron chi connectivity index (χ0n) is 13.0. The molecule has 6 heteroatoms. The molecule has 1 aromatic rings. The van der Waals surface area contributed by atoms with Crippen LogP contribution in [0.25, 0.3) is 0 Å². The van der Waals surface area contributed by atoms with Gasteiger partial charge < -0.3 is 0 Å². The van der Waals surface area contributed by atoms with Crippen molar-refractivity contribution in [2.24, 2.45) is 11.3 Å². The first kappa shape index (κ1) is 16.5. The van der Waals surface area contributed by atoms with Crippen molar-refractivity contribution in [1.82, 2.24) is 4.72 Å². The van der Waals surface area contributed by atoms with Crippen LogP contribution in [0.3, 0.4) is 0 Å². The first-order valence-electron chi connectivity index (χ1n) is 7.89. The molecule has 1 N–H and O–H groups in total. The highest BCUT2D eigenvalue weighted by Crippen LogP contribution is 2.65. The molecule has 2 saturated carbocycles. The molecule has 124 valence electrons. The zero-order valence-corrected chi connectivity index (χ0v) is 13.8. The molecule has 2 aliphatic carbocycles. The molecule has 0 aromatic heterocycles. The molecule has 0 heterocycles. The summed E-state index contributed by atoms with van der Waals surface area (Å²) >= 11 is 0. The quantitative estimate of drug-likeness (QED) is 0.910. The van der Waals surface area contributed by atoms with Gasteiger partial charge in [0.05, 0.1) is 11.0 Å². The summed E-state index contributed by atoms with van der Waals surface area (Å²) in [4.78, 5) is 0.595. The third-order valence-corrected chi connectivity index (χ3v) is 6.36. The van der Waals surface area contributed by atoms with Crippen LogP contribution in [-0.2, 0) is 11.0 Å². The van der Waals surface area contributed by atoms with Gasteiger partial charge in [0.25, 0.3) is 5.92 Å². The Labute approximate surface area is 137 Å². The van der Waals surface area contributed by atoms with E-state index in [0.29, 0.717) is 30.6 Å². The Hall–Kier alpha value is -1.32. The molecular weight excluding hydrogens is 318 g/mol. The van der Waals surface area contributed by atoms with Crippen LogP contribution in [0.5, 0.6) is 0 Å². The highest BCUT2D eigenvalue weighted by atomic mass is 32.2. The summed E-state index contributed by atoms with van der Waals surface area (Å²) in [6.07, 6.45) is 1.54. The van der Waals surface area contributed by atoms with E-state index in [1.54, 1.807) is 12.1 Å². The molecule has 3 nitrogen and oxygen atoms in total. The fourth-order valence-electron chi connectivity index (χ4n) is 3.46. The van der Waals surface area contributed by atoms with E-state index >= 15 is 0 Å². The maximum Gasteiger partial charge on any atom is 0.253 e. The minimum Gasteiger partial charge on any atom is -0.237 e. The molecule has 1 spiro atoms. The predicted octanol–water partition coefficient (Wildman–Crippen LogP) is 3.72. The molecule has 3 rings (SSSR count). The fourth-order valence-corrected chi connectivity index (χ4v) is 4.46. The molecule has 0 bridgehead atoms. The molecule has 23 heavy (non-hydrogen) atoms. The SMILES string of the molecule is Cc1ccc([S@](=O)N[C@H](C#N)[C@H]2CCC(F)(F)C3(CC3)C2)cc1. The second kappa shape index (κ2) is 5.95. The number of rotatable bonds is 4. The Balaban J connectivity index is 1.68. The van der Waals surface area contributed by atoms with Crippen molar-refractivity contribution in [3.05, 3.63) is 29.8 Å².